The van der Waals surface area contributed by atoms with E-state index in [2.05, 4.69) is 265 Å². The first-order valence-electron chi connectivity index (χ1n) is 22.7. The second kappa shape index (κ2) is 14.4. The summed E-state index contributed by atoms with van der Waals surface area (Å²) in [6.45, 7) is 2.40. The summed E-state index contributed by atoms with van der Waals surface area (Å²) in [4.78, 5) is 2.44. The molecule has 1 atom stereocenters. The third-order valence-corrected chi connectivity index (χ3v) is 14.6. The molecule has 0 fully saturated rings. The predicted octanol–water partition coefficient (Wildman–Crippen LogP) is 16.0. The highest BCUT2D eigenvalue weighted by atomic mass is 15.1. The van der Waals surface area contributed by atoms with Crippen LogP contribution in [0.5, 0.6) is 0 Å². The van der Waals surface area contributed by atoms with E-state index in [-0.39, 0.29) is 5.41 Å². The molecular formula is C63H44N2. The lowest BCUT2D eigenvalue weighted by Gasteiger charge is -2.34. The number of rotatable bonds is 7. The van der Waals surface area contributed by atoms with Crippen LogP contribution in [0, 0.1) is 0 Å². The Hall–Kier alpha value is -8.20. The van der Waals surface area contributed by atoms with Crippen molar-refractivity contribution < 1.29 is 0 Å². The van der Waals surface area contributed by atoms with Crippen LogP contribution in [0.2, 0.25) is 0 Å². The normalized spacial score (nSPS) is 15.3. The van der Waals surface area contributed by atoms with E-state index in [1.165, 1.54) is 83.0 Å². The first kappa shape index (κ1) is 37.4. The molecule has 65 heavy (non-hydrogen) atoms. The monoisotopic (exact) mass is 828 g/mol. The van der Waals surface area contributed by atoms with Crippen LogP contribution in [0.3, 0.4) is 0 Å². The molecule has 0 saturated heterocycles. The minimum atomic E-state index is -0.474. The zero-order valence-corrected chi connectivity index (χ0v) is 36.1. The maximum absolute atomic E-state index is 2.45. The highest BCUT2D eigenvalue weighted by Crippen LogP contribution is 2.57. The first-order valence-corrected chi connectivity index (χ1v) is 22.7. The maximum Gasteiger partial charge on any atom is 0.0713 e. The SMILES string of the molecule is CC1(c2ccccc2)c2ccccc2-c2ccc(N(c3ccc(-n4c5ccccc5c5ccccc54)cc3)c3ccc(C4(c5ccccc5)c5ccccc5-c5ccccc54)cc3)cc21. The van der Waals surface area contributed by atoms with E-state index in [4.69, 9.17) is 0 Å². The topological polar surface area (TPSA) is 8.17 Å². The average molecular weight is 829 g/mol. The van der Waals surface area contributed by atoms with Crippen LogP contribution in [0.15, 0.2) is 249 Å². The molecule has 0 saturated carbocycles. The van der Waals surface area contributed by atoms with Crippen molar-refractivity contribution in [3.8, 4) is 27.9 Å². The molecule has 2 nitrogen and oxygen atoms in total. The van der Waals surface area contributed by atoms with Crippen molar-refractivity contribution >= 4 is 38.9 Å². The average Bonchev–Trinajstić information content (AvgIpc) is 3.97. The van der Waals surface area contributed by atoms with Crippen LogP contribution in [-0.4, -0.2) is 4.57 Å². The number of hydrogen-bond donors (Lipinski definition) is 0. The lowest BCUT2D eigenvalue weighted by atomic mass is 9.68. The van der Waals surface area contributed by atoms with E-state index in [9.17, 15) is 0 Å². The lowest BCUT2D eigenvalue weighted by Crippen LogP contribution is -2.28. The fourth-order valence-electron chi connectivity index (χ4n) is 11.7. The predicted molar refractivity (Wildman–Crippen MR) is 270 cm³/mol. The molecule has 306 valence electrons. The number of para-hydroxylation sites is 2. The zero-order chi connectivity index (χ0) is 43.1. The molecule has 2 aliphatic rings. The van der Waals surface area contributed by atoms with Gasteiger partial charge >= 0.3 is 0 Å². The van der Waals surface area contributed by atoms with E-state index < -0.39 is 5.41 Å². The van der Waals surface area contributed by atoms with Gasteiger partial charge in [-0.1, -0.05) is 188 Å². The van der Waals surface area contributed by atoms with E-state index in [1.54, 1.807) is 0 Å². The van der Waals surface area contributed by atoms with E-state index >= 15 is 0 Å². The summed E-state index contributed by atoms with van der Waals surface area (Å²) in [5.41, 5.74) is 20.3. The first-order chi connectivity index (χ1) is 32.1. The summed E-state index contributed by atoms with van der Waals surface area (Å²) >= 11 is 0. The standard InChI is InChI=1S/C63H44N2/c1-62(43-18-4-2-5-19-43)56-27-13-8-22-50(56)53-41-40-49(42-59(53)62)64(47-36-38-48(39-37-47)65-60-30-16-11-25-54(60)55-26-12-17-31-61(55)65)46-34-32-45(33-35-46)63(44-20-6-3-7-21-44)57-28-14-9-23-51(57)52-24-10-15-29-58(52)63/h2-42H,1H3. The summed E-state index contributed by atoms with van der Waals surface area (Å²) in [5, 5.41) is 2.52. The van der Waals surface area contributed by atoms with Gasteiger partial charge in [-0.3, -0.25) is 0 Å². The molecule has 2 aliphatic carbocycles. The molecule has 13 rings (SSSR count). The highest BCUT2D eigenvalue weighted by molar-refractivity contribution is 6.09. The number of fused-ring (bicyclic) bond motifs is 9. The minimum Gasteiger partial charge on any atom is -0.310 e. The van der Waals surface area contributed by atoms with Crippen molar-refractivity contribution in [2.24, 2.45) is 0 Å². The van der Waals surface area contributed by atoms with Crippen molar-refractivity contribution in [2.45, 2.75) is 17.8 Å². The van der Waals surface area contributed by atoms with Gasteiger partial charge in [0, 0.05) is 38.9 Å². The van der Waals surface area contributed by atoms with Gasteiger partial charge in [0.2, 0.25) is 0 Å². The summed E-state index contributed by atoms with van der Waals surface area (Å²) in [6.07, 6.45) is 0. The van der Waals surface area contributed by atoms with Crippen LogP contribution in [0.25, 0.3) is 49.7 Å². The van der Waals surface area contributed by atoms with Crippen molar-refractivity contribution in [1.29, 1.82) is 0 Å². The molecule has 10 aromatic carbocycles. The quantitative estimate of drug-likeness (QED) is 0.155. The van der Waals surface area contributed by atoms with Crippen LogP contribution in [0.4, 0.5) is 17.1 Å². The Bertz CT molecular complexity index is 3500. The smallest absolute Gasteiger partial charge is 0.0713 e. The van der Waals surface area contributed by atoms with E-state index in [0.29, 0.717) is 0 Å². The molecule has 1 unspecified atom stereocenters. The van der Waals surface area contributed by atoms with Gasteiger partial charge in [-0.25, -0.2) is 0 Å². The van der Waals surface area contributed by atoms with Gasteiger partial charge in [0.05, 0.1) is 16.4 Å². The van der Waals surface area contributed by atoms with Gasteiger partial charge in [0.25, 0.3) is 0 Å². The van der Waals surface area contributed by atoms with Crippen LogP contribution >= 0.6 is 0 Å². The molecule has 0 spiro atoms. The molecular weight excluding hydrogens is 785 g/mol. The Morgan fingerprint density at radius 1 is 0.323 bits per heavy atom. The van der Waals surface area contributed by atoms with Crippen molar-refractivity contribution in [1.82, 2.24) is 4.57 Å². The second-order valence-electron chi connectivity index (χ2n) is 17.7. The van der Waals surface area contributed by atoms with Gasteiger partial charge < -0.3 is 9.47 Å². The Balaban J connectivity index is 1.00. The Labute approximate surface area is 380 Å². The summed E-state index contributed by atoms with van der Waals surface area (Å²) in [5.74, 6) is 0. The maximum atomic E-state index is 2.45. The Morgan fingerprint density at radius 2 is 0.738 bits per heavy atom. The Kier molecular flexibility index (Phi) is 8.29. The summed E-state index contributed by atoms with van der Waals surface area (Å²) in [6, 6.07) is 92.1. The molecule has 2 heteroatoms. The molecule has 0 bridgehead atoms. The van der Waals surface area contributed by atoms with E-state index in [0.717, 1.165) is 22.7 Å². The fraction of sp³-hybridized carbons (Fsp3) is 0.0476. The van der Waals surface area contributed by atoms with Gasteiger partial charge in [-0.2, -0.15) is 0 Å². The van der Waals surface area contributed by atoms with Gasteiger partial charge in [0.15, 0.2) is 0 Å². The van der Waals surface area contributed by atoms with Crippen LogP contribution in [-0.2, 0) is 10.8 Å². The lowest BCUT2D eigenvalue weighted by molar-refractivity contribution is 0.714. The fourth-order valence-corrected chi connectivity index (χ4v) is 11.7. The number of nitrogens with zero attached hydrogens (tertiary/aromatic N) is 2. The molecule has 1 heterocycles. The number of anilines is 3. The molecule has 0 amide bonds. The largest absolute Gasteiger partial charge is 0.310 e. The summed E-state index contributed by atoms with van der Waals surface area (Å²) < 4.78 is 2.39. The molecule has 11 aromatic rings. The Morgan fingerprint density at radius 3 is 1.32 bits per heavy atom. The second-order valence-corrected chi connectivity index (χ2v) is 17.7. The molecule has 0 aliphatic heterocycles. The van der Waals surface area contributed by atoms with Gasteiger partial charge in [-0.15, -0.1) is 0 Å². The van der Waals surface area contributed by atoms with Crippen LogP contribution in [0.1, 0.15) is 45.9 Å². The van der Waals surface area contributed by atoms with Crippen LogP contribution < -0.4 is 4.90 Å². The number of hydrogen-bond acceptors (Lipinski definition) is 1. The minimum absolute atomic E-state index is 0.329. The third-order valence-electron chi connectivity index (χ3n) is 14.6. The third kappa shape index (κ3) is 5.35. The van der Waals surface area contributed by atoms with Crippen molar-refractivity contribution in [3.05, 3.63) is 288 Å². The molecule has 0 radical (unpaired) electrons. The van der Waals surface area contributed by atoms with Gasteiger partial charge in [0.1, 0.15) is 0 Å². The van der Waals surface area contributed by atoms with Crippen molar-refractivity contribution in [3.63, 3.8) is 0 Å². The molecule has 1 aromatic heterocycles. The zero-order valence-electron chi connectivity index (χ0n) is 36.1. The van der Waals surface area contributed by atoms with E-state index in [1.807, 2.05) is 0 Å². The van der Waals surface area contributed by atoms with Crippen molar-refractivity contribution in [2.75, 3.05) is 4.90 Å². The highest BCUT2D eigenvalue weighted by Gasteiger charge is 2.46. The number of benzene rings is 10. The molecule has 0 N–H and O–H groups in total. The summed E-state index contributed by atoms with van der Waals surface area (Å²) in [7, 11) is 0. The number of aromatic nitrogens is 1. The van der Waals surface area contributed by atoms with Gasteiger partial charge in [-0.05, 0) is 129 Å².